The van der Waals surface area contributed by atoms with E-state index in [2.05, 4.69) is 10.6 Å². The van der Waals surface area contributed by atoms with Crippen molar-refractivity contribution >= 4 is 6.09 Å². The molecule has 1 aliphatic rings. The SMILES string of the molecule is CC(C)(C)OC(=O)NCCNC1CCCC1CO. The van der Waals surface area contributed by atoms with E-state index in [9.17, 15) is 9.90 Å². The van der Waals surface area contributed by atoms with Crippen LogP contribution >= 0.6 is 0 Å². The highest BCUT2D eigenvalue weighted by molar-refractivity contribution is 5.67. The molecule has 1 rings (SSSR count). The van der Waals surface area contributed by atoms with E-state index >= 15 is 0 Å². The summed E-state index contributed by atoms with van der Waals surface area (Å²) >= 11 is 0. The predicted octanol–water partition coefficient (Wildman–Crippen LogP) is 1.26. The minimum Gasteiger partial charge on any atom is -0.444 e. The third-order valence-corrected chi connectivity index (χ3v) is 3.09. The van der Waals surface area contributed by atoms with Crippen molar-refractivity contribution in [2.24, 2.45) is 5.92 Å². The van der Waals surface area contributed by atoms with Crippen molar-refractivity contribution in [2.75, 3.05) is 19.7 Å². The van der Waals surface area contributed by atoms with Crippen molar-refractivity contribution in [3.05, 3.63) is 0 Å². The predicted molar refractivity (Wildman–Crippen MR) is 70.5 cm³/mol. The summed E-state index contributed by atoms with van der Waals surface area (Å²) in [5.74, 6) is 0.367. The molecule has 2 unspecified atom stereocenters. The average molecular weight is 258 g/mol. The summed E-state index contributed by atoms with van der Waals surface area (Å²) in [5, 5.41) is 15.3. The van der Waals surface area contributed by atoms with Crippen LogP contribution in [0.25, 0.3) is 0 Å². The Morgan fingerprint density at radius 2 is 2.06 bits per heavy atom. The molecule has 0 aromatic rings. The quantitative estimate of drug-likeness (QED) is 0.649. The Morgan fingerprint density at radius 3 is 2.67 bits per heavy atom. The van der Waals surface area contributed by atoms with Gasteiger partial charge in [0.2, 0.25) is 0 Å². The smallest absolute Gasteiger partial charge is 0.407 e. The number of hydrogen-bond acceptors (Lipinski definition) is 4. The number of aliphatic hydroxyl groups excluding tert-OH is 1. The molecule has 0 aromatic carbocycles. The summed E-state index contributed by atoms with van der Waals surface area (Å²) in [6.07, 6.45) is 2.99. The number of ether oxygens (including phenoxy) is 1. The number of amides is 1. The summed E-state index contributed by atoms with van der Waals surface area (Å²) in [5.41, 5.74) is -0.453. The van der Waals surface area contributed by atoms with Gasteiger partial charge in [-0.2, -0.15) is 0 Å². The number of aliphatic hydroxyl groups is 1. The zero-order valence-electron chi connectivity index (χ0n) is 11.7. The van der Waals surface area contributed by atoms with Crippen molar-refractivity contribution in [2.45, 2.75) is 51.7 Å². The second kappa shape index (κ2) is 6.95. The number of carbonyl (C=O) groups is 1. The van der Waals surface area contributed by atoms with Gasteiger partial charge in [-0.1, -0.05) is 6.42 Å². The van der Waals surface area contributed by atoms with Crippen molar-refractivity contribution in [1.82, 2.24) is 10.6 Å². The summed E-state index contributed by atoms with van der Waals surface area (Å²) in [4.78, 5) is 11.4. The van der Waals surface area contributed by atoms with Gasteiger partial charge >= 0.3 is 6.09 Å². The molecule has 0 radical (unpaired) electrons. The van der Waals surface area contributed by atoms with Gasteiger partial charge < -0.3 is 20.5 Å². The molecule has 106 valence electrons. The molecule has 5 nitrogen and oxygen atoms in total. The van der Waals surface area contributed by atoms with Crippen molar-refractivity contribution < 1.29 is 14.6 Å². The summed E-state index contributed by atoms with van der Waals surface area (Å²) in [7, 11) is 0. The Hall–Kier alpha value is -0.810. The van der Waals surface area contributed by atoms with Gasteiger partial charge in [-0.05, 0) is 39.5 Å². The second-order valence-electron chi connectivity index (χ2n) is 5.86. The molecule has 2 atom stereocenters. The van der Waals surface area contributed by atoms with E-state index in [1.807, 2.05) is 20.8 Å². The van der Waals surface area contributed by atoms with Gasteiger partial charge in [-0.25, -0.2) is 4.79 Å². The fourth-order valence-corrected chi connectivity index (χ4v) is 2.26. The summed E-state index contributed by atoms with van der Waals surface area (Å²) in [6, 6.07) is 0.385. The van der Waals surface area contributed by atoms with Gasteiger partial charge in [-0.3, -0.25) is 0 Å². The zero-order valence-corrected chi connectivity index (χ0v) is 11.7. The van der Waals surface area contributed by atoms with E-state index < -0.39 is 5.60 Å². The molecule has 18 heavy (non-hydrogen) atoms. The lowest BCUT2D eigenvalue weighted by Gasteiger charge is -2.21. The van der Waals surface area contributed by atoms with Crippen molar-refractivity contribution in [3.63, 3.8) is 0 Å². The Labute approximate surface area is 109 Å². The lowest BCUT2D eigenvalue weighted by Crippen LogP contribution is -2.41. The molecular formula is C13H26N2O3. The van der Waals surface area contributed by atoms with Crippen LogP contribution < -0.4 is 10.6 Å². The molecular weight excluding hydrogens is 232 g/mol. The van der Waals surface area contributed by atoms with Crippen LogP contribution in [0.15, 0.2) is 0 Å². The van der Waals surface area contributed by atoms with E-state index in [1.54, 1.807) is 0 Å². The largest absolute Gasteiger partial charge is 0.444 e. The number of carbonyl (C=O) groups excluding carboxylic acids is 1. The Bertz CT molecular complexity index is 263. The molecule has 1 aliphatic carbocycles. The van der Waals surface area contributed by atoms with Crippen LogP contribution in [0, 0.1) is 5.92 Å². The molecule has 0 aliphatic heterocycles. The van der Waals surface area contributed by atoms with Gasteiger partial charge in [0, 0.05) is 25.7 Å². The van der Waals surface area contributed by atoms with Crippen molar-refractivity contribution in [1.29, 1.82) is 0 Å². The van der Waals surface area contributed by atoms with Gasteiger partial charge in [0.1, 0.15) is 5.60 Å². The maximum absolute atomic E-state index is 11.4. The maximum Gasteiger partial charge on any atom is 0.407 e. The number of rotatable bonds is 5. The van der Waals surface area contributed by atoms with Crippen LogP contribution in [0.5, 0.6) is 0 Å². The van der Waals surface area contributed by atoms with Crippen LogP contribution in [0.4, 0.5) is 4.79 Å². The number of nitrogens with one attached hydrogen (secondary N) is 2. The van der Waals surface area contributed by atoms with Gasteiger partial charge in [0.25, 0.3) is 0 Å². The molecule has 0 heterocycles. The molecule has 0 saturated heterocycles. The second-order valence-corrected chi connectivity index (χ2v) is 5.86. The maximum atomic E-state index is 11.4. The van der Waals surface area contributed by atoms with Crippen LogP contribution in [0.3, 0.4) is 0 Å². The monoisotopic (exact) mass is 258 g/mol. The summed E-state index contributed by atoms with van der Waals surface area (Å²) in [6.45, 7) is 7.03. The highest BCUT2D eigenvalue weighted by atomic mass is 16.6. The third-order valence-electron chi connectivity index (χ3n) is 3.09. The summed E-state index contributed by atoms with van der Waals surface area (Å²) < 4.78 is 5.13. The van der Waals surface area contributed by atoms with Gasteiger partial charge in [0.05, 0.1) is 0 Å². The topological polar surface area (TPSA) is 70.6 Å². The Kier molecular flexibility index (Phi) is 5.88. The number of hydrogen-bond donors (Lipinski definition) is 3. The van der Waals surface area contributed by atoms with Crippen LogP contribution in [-0.4, -0.2) is 42.5 Å². The van der Waals surface area contributed by atoms with Crippen LogP contribution in [0.1, 0.15) is 40.0 Å². The Balaban J connectivity index is 2.10. The lowest BCUT2D eigenvalue weighted by molar-refractivity contribution is 0.0527. The molecule has 1 fully saturated rings. The van der Waals surface area contributed by atoms with Crippen LogP contribution in [0.2, 0.25) is 0 Å². The first kappa shape index (κ1) is 15.2. The first-order valence-electron chi connectivity index (χ1n) is 6.73. The zero-order chi connectivity index (χ0) is 13.6. The van der Waals surface area contributed by atoms with Gasteiger partial charge in [-0.15, -0.1) is 0 Å². The fourth-order valence-electron chi connectivity index (χ4n) is 2.26. The lowest BCUT2D eigenvalue weighted by atomic mass is 10.1. The third kappa shape index (κ3) is 5.69. The molecule has 0 bridgehead atoms. The molecule has 0 aromatic heterocycles. The van der Waals surface area contributed by atoms with E-state index in [0.717, 1.165) is 12.8 Å². The van der Waals surface area contributed by atoms with Crippen LogP contribution in [-0.2, 0) is 4.74 Å². The minimum atomic E-state index is -0.453. The van der Waals surface area contributed by atoms with E-state index in [1.165, 1.54) is 6.42 Å². The fraction of sp³-hybridized carbons (Fsp3) is 0.923. The highest BCUT2D eigenvalue weighted by Crippen LogP contribution is 2.24. The normalized spacial score (nSPS) is 24.0. The first-order valence-corrected chi connectivity index (χ1v) is 6.73. The highest BCUT2D eigenvalue weighted by Gasteiger charge is 2.25. The Morgan fingerprint density at radius 1 is 1.33 bits per heavy atom. The van der Waals surface area contributed by atoms with Gasteiger partial charge in [0.15, 0.2) is 0 Å². The first-order chi connectivity index (χ1) is 8.42. The molecule has 1 amide bonds. The minimum absolute atomic E-state index is 0.247. The van der Waals surface area contributed by atoms with E-state index in [-0.39, 0.29) is 12.7 Å². The molecule has 3 N–H and O–H groups in total. The van der Waals surface area contributed by atoms with E-state index in [0.29, 0.717) is 25.0 Å². The molecule has 1 saturated carbocycles. The average Bonchev–Trinajstić information content (AvgIpc) is 2.69. The number of alkyl carbamates (subject to hydrolysis) is 1. The van der Waals surface area contributed by atoms with Crippen molar-refractivity contribution in [3.8, 4) is 0 Å². The van der Waals surface area contributed by atoms with E-state index in [4.69, 9.17) is 4.74 Å². The standard InChI is InChI=1S/C13H26N2O3/c1-13(2,3)18-12(17)15-8-7-14-11-6-4-5-10(11)9-16/h10-11,14,16H,4-9H2,1-3H3,(H,15,17). The molecule has 0 spiro atoms. The molecule has 5 heteroatoms.